The van der Waals surface area contributed by atoms with Crippen LogP contribution in [0, 0.1) is 11.3 Å². The van der Waals surface area contributed by atoms with Crippen LogP contribution in [0.15, 0.2) is 24.3 Å². The van der Waals surface area contributed by atoms with Crippen molar-refractivity contribution < 1.29 is 18.0 Å². The Kier molecular flexibility index (Phi) is 9.88. The fraction of sp³-hybridized carbons (Fsp3) is 0.576. The number of hydrogen-bond acceptors (Lipinski definition) is 5. The highest BCUT2D eigenvalue weighted by Gasteiger charge is 2.41. The number of carbonyl (C=O) groups excluding carboxylic acids is 1. The third-order valence-corrected chi connectivity index (χ3v) is 9.90. The van der Waals surface area contributed by atoms with Crippen molar-refractivity contribution in [2.45, 2.75) is 90.5 Å². The number of rotatable bonds is 9. The van der Waals surface area contributed by atoms with E-state index in [1.54, 1.807) is 6.07 Å². The van der Waals surface area contributed by atoms with Crippen LogP contribution in [0.4, 0.5) is 30.5 Å². The third-order valence-electron chi connectivity index (χ3n) is 9.15. The summed E-state index contributed by atoms with van der Waals surface area (Å²) in [4.78, 5) is 20.7. The third kappa shape index (κ3) is 7.66. The molecular formula is C33H43Cl2F3N6O. The molecule has 0 unspecified atom stereocenters. The quantitative estimate of drug-likeness (QED) is 0.213. The van der Waals surface area contributed by atoms with Gasteiger partial charge in [0.05, 0.1) is 43.9 Å². The number of nitrogens with one attached hydrogen (secondary N) is 3. The minimum absolute atomic E-state index is 0.0244. The zero-order chi connectivity index (χ0) is 32.7. The summed E-state index contributed by atoms with van der Waals surface area (Å²) < 4.78 is 41.5. The minimum atomic E-state index is -4.19. The van der Waals surface area contributed by atoms with Gasteiger partial charge in [-0.2, -0.15) is 13.2 Å². The monoisotopic (exact) mass is 666 g/mol. The van der Waals surface area contributed by atoms with Gasteiger partial charge in [0, 0.05) is 39.3 Å². The van der Waals surface area contributed by atoms with Crippen LogP contribution in [0.5, 0.6) is 0 Å². The van der Waals surface area contributed by atoms with Gasteiger partial charge >= 0.3 is 6.18 Å². The maximum Gasteiger partial charge on any atom is 0.391 e. The molecule has 0 radical (unpaired) electrons. The lowest BCUT2D eigenvalue weighted by Crippen LogP contribution is -2.42. The molecule has 12 heteroatoms. The van der Waals surface area contributed by atoms with Crippen LogP contribution in [0.1, 0.15) is 81.6 Å². The van der Waals surface area contributed by atoms with Gasteiger partial charge in [0.1, 0.15) is 0 Å². The van der Waals surface area contributed by atoms with Crippen molar-refractivity contribution in [1.82, 2.24) is 20.2 Å². The van der Waals surface area contributed by atoms with E-state index in [4.69, 9.17) is 28.2 Å². The number of aryl methyl sites for hydroxylation is 1. The van der Waals surface area contributed by atoms with E-state index in [2.05, 4.69) is 41.6 Å². The molecule has 2 saturated carbocycles. The molecule has 0 aliphatic heterocycles. The van der Waals surface area contributed by atoms with Gasteiger partial charge in [0.2, 0.25) is 5.95 Å². The van der Waals surface area contributed by atoms with E-state index in [1.165, 1.54) is 0 Å². The highest BCUT2D eigenvalue weighted by Crippen LogP contribution is 2.39. The number of nitrogens with zero attached hydrogens (tertiary/aromatic N) is 3. The van der Waals surface area contributed by atoms with E-state index in [0.717, 1.165) is 42.6 Å². The SMILES string of the molecule is CN(c1cc2c(cc1C(=O)NC1CCC(C(F)(F)F)CC1)nc(Nc1c(Cl)ccc(CNCC(C)(C)C)c1Cl)n2C)C1CCC1. The molecule has 2 fully saturated rings. The molecule has 2 aliphatic rings. The molecule has 5 rings (SSSR count). The van der Waals surface area contributed by atoms with Crippen molar-refractivity contribution in [1.29, 1.82) is 0 Å². The molecule has 3 N–H and O–H groups in total. The number of hydrogen-bond donors (Lipinski definition) is 3. The van der Waals surface area contributed by atoms with Crippen LogP contribution in [0.25, 0.3) is 11.0 Å². The van der Waals surface area contributed by atoms with Gasteiger partial charge in [0.25, 0.3) is 5.91 Å². The number of amides is 1. The summed E-state index contributed by atoms with van der Waals surface area (Å²) in [6, 6.07) is 7.47. The van der Waals surface area contributed by atoms with Gasteiger partial charge in [-0.3, -0.25) is 4.79 Å². The lowest BCUT2D eigenvalue weighted by molar-refractivity contribution is -0.182. The first kappa shape index (κ1) is 33.7. The molecule has 45 heavy (non-hydrogen) atoms. The number of carbonyl (C=O) groups is 1. The lowest BCUT2D eigenvalue weighted by atomic mass is 9.85. The molecule has 2 aliphatic carbocycles. The fourth-order valence-corrected chi connectivity index (χ4v) is 6.67. The molecule has 0 atom stereocenters. The smallest absolute Gasteiger partial charge is 0.371 e. The second kappa shape index (κ2) is 13.2. The van der Waals surface area contributed by atoms with Crippen LogP contribution >= 0.6 is 23.2 Å². The standard InChI is InChI=1S/C33H43Cl2F3N6O/c1-32(2,3)18-39-17-19-9-14-24(34)29(28(19)35)42-31-41-25-15-23(26(16-27(25)44(31)5)43(4)22-7-6-8-22)30(45)40-21-12-10-20(11-13-21)33(36,37)38/h9,14-16,20-22,39H,6-8,10-13,17-18H2,1-5H3,(H,40,45)(H,41,42). The van der Waals surface area contributed by atoms with Crippen LogP contribution in [0.2, 0.25) is 10.0 Å². The van der Waals surface area contributed by atoms with Crippen molar-refractivity contribution in [3.63, 3.8) is 0 Å². The molecule has 246 valence electrons. The molecule has 0 saturated heterocycles. The van der Waals surface area contributed by atoms with Gasteiger partial charge in [-0.15, -0.1) is 0 Å². The molecule has 1 heterocycles. The predicted molar refractivity (Wildman–Crippen MR) is 177 cm³/mol. The molecule has 1 amide bonds. The summed E-state index contributed by atoms with van der Waals surface area (Å²) in [5, 5.41) is 10.8. The highest BCUT2D eigenvalue weighted by atomic mass is 35.5. The molecule has 7 nitrogen and oxygen atoms in total. The van der Waals surface area contributed by atoms with Gasteiger partial charge in [0.15, 0.2) is 0 Å². The van der Waals surface area contributed by atoms with Gasteiger partial charge < -0.3 is 25.4 Å². The first-order chi connectivity index (χ1) is 21.1. The average Bonchev–Trinajstić information content (AvgIpc) is 3.23. The van der Waals surface area contributed by atoms with Gasteiger partial charge in [-0.25, -0.2) is 4.98 Å². The van der Waals surface area contributed by atoms with E-state index in [1.807, 2.05) is 36.9 Å². The normalized spacial score (nSPS) is 19.4. The van der Waals surface area contributed by atoms with Crippen molar-refractivity contribution in [2.75, 3.05) is 23.8 Å². The molecular weight excluding hydrogens is 624 g/mol. The Balaban J connectivity index is 1.42. The summed E-state index contributed by atoms with van der Waals surface area (Å²) in [5.74, 6) is -1.09. The van der Waals surface area contributed by atoms with Crippen LogP contribution < -0.4 is 20.9 Å². The average molecular weight is 668 g/mol. The summed E-state index contributed by atoms with van der Waals surface area (Å²) in [6.07, 6.45) is -0.338. The Morgan fingerprint density at radius 1 is 1.07 bits per heavy atom. The number of anilines is 3. The van der Waals surface area contributed by atoms with Crippen LogP contribution in [-0.2, 0) is 13.6 Å². The lowest BCUT2D eigenvalue weighted by Gasteiger charge is -2.37. The van der Waals surface area contributed by atoms with Crippen molar-refractivity contribution >= 4 is 57.5 Å². The second-order valence-electron chi connectivity index (χ2n) is 13.8. The van der Waals surface area contributed by atoms with Crippen molar-refractivity contribution in [3.05, 3.63) is 45.4 Å². The second-order valence-corrected chi connectivity index (χ2v) is 14.6. The first-order valence-electron chi connectivity index (χ1n) is 15.7. The largest absolute Gasteiger partial charge is 0.391 e. The van der Waals surface area contributed by atoms with E-state index >= 15 is 0 Å². The molecule has 3 aromatic rings. The van der Waals surface area contributed by atoms with Crippen molar-refractivity contribution in [2.24, 2.45) is 18.4 Å². The zero-order valence-electron chi connectivity index (χ0n) is 26.5. The molecule has 2 aromatic carbocycles. The number of aromatic nitrogens is 2. The maximum atomic E-state index is 13.7. The Hall–Kier alpha value is -2.69. The molecule has 1 aromatic heterocycles. The first-order valence-corrected chi connectivity index (χ1v) is 16.4. The van der Waals surface area contributed by atoms with E-state index in [-0.39, 0.29) is 30.2 Å². The number of imidazole rings is 1. The zero-order valence-corrected chi connectivity index (χ0v) is 28.1. The Bertz CT molecular complexity index is 1540. The Labute approximate surface area is 273 Å². The number of benzene rings is 2. The van der Waals surface area contributed by atoms with E-state index in [0.29, 0.717) is 58.2 Å². The topological polar surface area (TPSA) is 74.2 Å². The summed E-state index contributed by atoms with van der Waals surface area (Å²) >= 11 is 13.4. The van der Waals surface area contributed by atoms with E-state index < -0.39 is 12.1 Å². The Morgan fingerprint density at radius 2 is 1.76 bits per heavy atom. The molecule has 0 bridgehead atoms. The van der Waals surface area contributed by atoms with Crippen LogP contribution in [0.3, 0.4) is 0 Å². The minimum Gasteiger partial charge on any atom is -0.371 e. The predicted octanol–water partition coefficient (Wildman–Crippen LogP) is 8.60. The van der Waals surface area contributed by atoms with Gasteiger partial charge in [-0.1, -0.05) is 50.0 Å². The Morgan fingerprint density at radius 3 is 2.36 bits per heavy atom. The maximum absolute atomic E-state index is 13.7. The van der Waals surface area contributed by atoms with Gasteiger partial charge in [-0.05, 0) is 74.1 Å². The summed E-state index contributed by atoms with van der Waals surface area (Å²) in [7, 11) is 3.88. The summed E-state index contributed by atoms with van der Waals surface area (Å²) in [6.45, 7) is 7.89. The van der Waals surface area contributed by atoms with E-state index in [9.17, 15) is 18.0 Å². The number of alkyl halides is 3. The van der Waals surface area contributed by atoms with Crippen LogP contribution in [-0.4, -0.2) is 47.3 Å². The highest BCUT2D eigenvalue weighted by molar-refractivity contribution is 6.39. The molecule has 0 spiro atoms. The summed E-state index contributed by atoms with van der Waals surface area (Å²) in [5.41, 5.74) is 4.23. The van der Waals surface area contributed by atoms with Crippen molar-refractivity contribution in [3.8, 4) is 0 Å². The fourth-order valence-electron chi connectivity index (χ4n) is 6.14. The number of fused-ring (bicyclic) bond motifs is 1. The number of halogens is 5.